The van der Waals surface area contributed by atoms with Crippen LogP contribution in [0, 0.1) is 23.2 Å². The smallest absolute Gasteiger partial charge is 0.321 e. The number of nitrogens with two attached hydrogens (primary N) is 1. The van der Waals surface area contributed by atoms with Gasteiger partial charge in [0.05, 0.1) is 6.04 Å². The summed E-state index contributed by atoms with van der Waals surface area (Å²) in [4.78, 5) is 24.7. The Morgan fingerprint density at radius 1 is 0.926 bits per heavy atom. The van der Waals surface area contributed by atoms with Crippen molar-refractivity contribution >= 4 is 11.9 Å². The van der Waals surface area contributed by atoms with E-state index in [0.717, 1.165) is 30.6 Å². The normalized spacial score (nSPS) is 37.6. The van der Waals surface area contributed by atoms with Gasteiger partial charge >= 0.3 is 6.03 Å². The van der Waals surface area contributed by atoms with Gasteiger partial charge < -0.3 is 10.6 Å². The quantitative estimate of drug-likeness (QED) is 0.690. The molecule has 5 aliphatic carbocycles. The highest BCUT2D eigenvalue weighted by molar-refractivity contribution is 5.96. The summed E-state index contributed by atoms with van der Waals surface area (Å²) in [6.45, 7) is 4.26. The number of hydrogen-bond acceptors (Lipinski definition) is 2. The van der Waals surface area contributed by atoms with Gasteiger partial charge in [0.2, 0.25) is 0 Å². The Kier molecular flexibility index (Phi) is 5.50. The van der Waals surface area contributed by atoms with Gasteiger partial charge in [-0.3, -0.25) is 10.1 Å². The van der Waals surface area contributed by atoms with E-state index in [1.54, 1.807) is 0 Å². The topological polar surface area (TPSA) is 74.8 Å². The lowest BCUT2D eigenvalue weighted by atomic mass is 9.48. The molecule has 0 aliphatic heterocycles. The van der Waals surface area contributed by atoms with Crippen LogP contribution in [-0.4, -0.2) is 30.1 Å². The molecule has 5 aliphatic rings. The molecule has 0 aromatic heterocycles. The van der Waals surface area contributed by atoms with Crippen molar-refractivity contribution in [3.63, 3.8) is 0 Å². The largest absolute Gasteiger partial charge is 0.335 e. The van der Waals surface area contributed by atoms with Crippen molar-refractivity contribution in [3.05, 3.63) is 0 Å². The lowest BCUT2D eigenvalue weighted by Crippen LogP contribution is -2.99. The summed E-state index contributed by atoms with van der Waals surface area (Å²) in [5, 5.41) is 7.80. The molecular weight excluding hydrogens is 338 g/mol. The SMILES string of the molecule is C[C@H]([NH2+][C@@H](C)C12CC3CC(CC(C3)C1)C2)C(=O)NC(=O)NC1CCCCC1. The molecule has 27 heavy (non-hydrogen) atoms. The fraction of sp³-hybridized carbons (Fsp3) is 0.909. The van der Waals surface area contributed by atoms with Crippen molar-refractivity contribution in [3.8, 4) is 0 Å². The molecule has 152 valence electrons. The molecule has 5 fully saturated rings. The average Bonchev–Trinajstić information content (AvgIpc) is 2.61. The number of urea groups is 1. The van der Waals surface area contributed by atoms with E-state index in [1.165, 1.54) is 57.8 Å². The van der Waals surface area contributed by atoms with Gasteiger partial charge in [-0.25, -0.2) is 4.79 Å². The highest BCUT2D eigenvalue weighted by Crippen LogP contribution is 2.60. The molecule has 0 unspecified atom stereocenters. The molecular formula is C22H38N3O2+. The first-order valence-electron chi connectivity index (χ1n) is 11.4. The molecule has 2 atom stereocenters. The van der Waals surface area contributed by atoms with Gasteiger partial charge in [-0.15, -0.1) is 0 Å². The summed E-state index contributed by atoms with van der Waals surface area (Å²) in [6, 6.07) is 0.157. The molecule has 0 saturated heterocycles. The number of imide groups is 1. The van der Waals surface area contributed by atoms with Gasteiger partial charge in [0.15, 0.2) is 6.04 Å². The zero-order valence-electron chi connectivity index (χ0n) is 17.1. The van der Waals surface area contributed by atoms with E-state index in [4.69, 9.17) is 0 Å². The number of rotatable bonds is 5. The summed E-state index contributed by atoms with van der Waals surface area (Å²) < 4.78 is 0. The lowest BCUT2D eigenvalue weighted by Gasteiger charge is -2.58. The van der Waals surface area contributed by atoms with Crippen LogP contribution in [0.25, 0.3) is 0 Å². The van der Waals surface area contributed by atoms with Crippen LogP contribution in [0.1, 0.15) is 84.5 Å². The maximum absolute atomic E-state index is 12.6. The zero-order chi connectivity index (χ0) is 19.0. The van der Waals surface area contributed by atoms with E-state index < -0.39 is 0 Å². The average molecular weight is 377 g/mol. The van der Waals surface area contributed by atoms with Crippen LogP contribution in [0.15, 0.2) is 0 Å². The zero-order valence-corrected chi connectivity index (χ0v) is 17.1. The molecule has 5 rings (SSSR count). The molecule has 5 heteroatoms. The molecule has 0 aromatic carbocycles. The van der Waals surface area contributed by atoms with Crippen LogP contribution < -0.4 is 16.0 Å². The monoisotopic (exact) mass is 376 g/mol. The standard InChI is InChI=1S/C22H37N3O2/c1-14(20(26)25-21(27)24-19-6-4-3-5-7-19)23-15(2)22-11-16-8-17(12-22)10-18(9-16)13-22/h14-19,23H,3-13H2,1-2H3,(H2,24,25,26,27)/p+1/t14-,15-,16?,17?,18?,22?/m0/s1. The van der Waals surface area contributed by atoms with Crippen LogP contribution in [0.4, 0.5) is 4.79 Å². The third-order valence-corrected chi connectivity index (χ3v) is 8.22. The summed E-state index contributed by atoms with van der Waals surface area (Å²) >= 11 is 0. The van der Waals surface area contributed by atoms with E-state index in [9.17, 15) is 9.59 Å². The molecule has 0 spiro atoms. The third kappa shape index (κ3) is 4.18. The molecule has 4 N–H and O–H groups in total. The first kappa shape index (κ1) is 19.2. The van der Waals surface area contributed by atoms with Crippen LogP contribution >= 0.6 is 0 Å². The van der Waals surface area contributed by atoms with E-state index in [2.05, 4.69) is 22.9 Å². The second kappa shape index (κ2) is 7.73. The van der Waals surface area contributed by atoms with Crippen molar-refractivity contribution in [2.24, 2.45) is 23.2 Å². The van der Waals surface area contributed by atoms with E-state index >= 15 is 0 Å². The highest BCUT2D eigenvalue weighted by atomic mass is 16.2. The summed E-state index contributed by atoms with van der Waals surface area (Å²) in [6.07, 6.45) is 14.1. The van der Waals surface area contributed by atoms with Crippen LogP contribution in [-0.2, 0) is 4.79 Å². The molecule has 0 aromatic rings. The van der Waals surface area contributed by atoms with Crippen molar-refractivity contribution in [2.75, 3.05) is 0 Å². The Bertz CT molecular complexity index is 535. The number of nitrogens with one attached hydrogen (secondary N) is 2. The van der Waals surface area contributed by atoms with Gasteiger partial charge in [-0.1, -0.05) is 19.3 Å². The number of carbonyl (C=O) groups excluding carboxylic acids is 2. The first-order chi connectivity index (χ1) is 12.9. The minimum Gasteiger partial charge on any atom is -0.335 e. The summed E-state index contributed by atoms with van der Waals surface area (Å²) in [7, 11) is 0. The van der Waals surface area contributed by atoms with Gasteiger partial charge in [-0.2, -0.15) is 0 Å². The van der Waals surface area contributed by atoms with Gasteiger partial charge in [0.25, 0.3) is 5.91 Å². The second-order valence-corrected chi connectivity index (χ2v) is 10.3. The Morgan fingerprint density at radius 3 is 2.04 bits per heavy atom. The Hall–Kier alpha value is -1.10. The molecule has 0 radical (unpaired) electrons. The summed E-state index contributed by atoms with van der Waals surface area (Å²) in [5.41, 5.74) is 0.424. The maximum Gasteiger partial charge on any atom is 0.321 e. The van der Waals surface area contributed by atoms with Crippen molar-refractivity contribution in [1.29, 1.82) is 0 Å². The van der Waals surface area contributed by atoms with E-state index in [1.807, 2.05) is 6.92 Å². The fourth-order valence-corrected chi connectivity index (χ4v) is 7.15. The van der Waals surface area contributed by atoms with Crippen LogP contribution in [0.3, 0.4) is 0 Å². The maximum atomic E-state index is 12.6. The predicted octanol–water partition coefficient (Wildman–Crippen LogP) is 2.70. The summed E-state index contributed by atoms with van der Waals surface area (Å²) in [5.74, 6) is 2.63. The number of carbonyl (C=O) groups is 2. The fourth-order valence-electron chi connectivity index (χ4n) is 7.15. The Labute approximate surface area is 163 Å². The lowest BCUT2D eigenvalue weighted by molar-refractivity contribution is -0.719. The van der Waals surface area contributed by atoms with Crippen molar-refractivity contribution in [2.45, 2.75) is 103 Å². The van der Waals surface area contributed by atoms with Gasteiger partial charge in [0, 0.05) is 11.5 Å². The highest BCUT2D eigenvalue weighted by Gasteiger charge is 2.54. The Morgan fingerprint density at radius 2 is 1.48 bits per heavy atom. The minimum atomic E-state index is -0.311. The number of hydrogen-bond donors (Lipinski definition) is 3. The van der Waals surface area contributed by atoms with E-state index in [0.29, 0.717) is 11.5 Å². The van der Waals surface area contributed by atoms with Crippen molar-refractivity contribution < 1.29 is 14.9 Å². The van der Waals surface area contributed by atoms with E-state index in [-0.39, 0.29) is 24.0 Å². The Balaban J connectivity index is 1.27. The van der Waals surface area contributed by atoms with Gasteiger partial charge in [-0.05, 0) is 83.0 Å². The molecule has 4 bridgehead atoms. The molecule has 0 heterocycles. The minimum absolute atomic E-state index is 0.153. The predicted molar refractivity (Wildman–Crippen MR) is 105 cm³/mol. The van der Waals surface area contributed by atoms with Crippen molar-refractivity contribution in [1.82, 2.24) is 10.6 Å². The van der Waals surface area contributed by atoms with Gasteiger partial charge in [0.1, 0.15) is 0 Å². The molecule has 5 nitrogen and oxygen atoms in total. The first-order valence-corrected chi connectivity index (χ1v) is 11.4. The van der Waals surface area contributed by atoms with Crippen LogP contribution in [0.2, 0.25) is 0 Å². The third-order valence-electron chi connectivity index (χ3n) is 8.22. The number of amides is 3. The second-order valence-electron chi connectivity index (χ2n) is 10.3. The van der Waals surface area contributed by atoms with Crippen LogP contribution in [0.5, 0.6) is 0 Å². The molecule has 5 saturated carbocycles. The number of quaternary nitrogens is 1. The molecule has 3 amide bonds.